The summed E-state index contributed by atoms with van der Waals surface area (Å²) < 4.78 is 1.31. The number of pyridine rings is 1. The first kappa shape index (κ1) is 21.4. The van der Waals surface area contributed by atoms with Gasteiger partial charge in [-0.2, -0.15) is 0 Å². The highest BCUT2D eigenvalue weighted by Gasteiger charge is 2.29. The average Bonchev–Trinajstić information content (AvgIpc) is 3.32. The number of rotatable bonds is 2. The summed E-state index contributed by atoms with van der Waals surface area (Å²) in [5.74, 6) is 0. The molecule has 0 amide bonds. The van der Waals surface area contributed by atoms with Gasteiger partial charge in [0.15, 0.2) is 0 Å². The van der Waals surface area contributed by atoms with E-state index in [1.54, 1.807) is 0 Å². The van der Waals surface area contributed by atoms with Gasteiger partial charge in [0.2, 0.25) is 0 Å². The topological polar surface area (TPSA) is 16.1 Å². The minimum Gasteiger partial charge on any atom is -0.309 e. The zero-order valence-corrected chi connectivity index (χ0v) is 21.3. The SMILES string of the molecule is c1ccc(N2c3ccccc3-c3sc4ccccc4c3-c3ccc(-c4cccc5cccnc45)cc32)cc1. The van der Waals surface area contributed by atoms with Gasteiger partial charge in [-0.25, -0.2) is 0 Å². The van der Waals surface area contributed by atoms with E-state index < -0.39 is 0 Å². The molecule has 1 aliphatic rings. The fraction of sp³-hybridized carbons (Fsp3) is 0. The van der Waals surface area contributed by atoms with Gasteiger partial charge in [-0.1, -0.05) is 91.0 Å². The molecule has 0 saturated heterocycles. The van der Waals surface area contributed by atoms with Gasteiger partial charge in [-0.15, -0.1) is 11.3 Å². The minimum atomic E-state index is 1.02. The van der Waals surface area contributed by atoms with Crippen molar-refractivity contribution in [2.24, 2.45) is 0 Å². The Kier molecular flexibility index (Phi) is 4.73. The van der Waals surface area contributed by atoms with Gasteiger partial charge in [-0.05, 0) is 42.0 Å². The van der Waals surface area contributed by atoms with Crippen molar-refractivity contribution >= 4 is 49.4 Å². The smallest absolute Gasteiger partial charge is 0.0780 e. The highest BCUT2D eigenvalue weighted by molar-refractivity contribution is 7.23. The molecule has 1 aliphatic heterocycles. The van der Waals surface area contributed by atoms with Crippen molar-refractivity contribution in [3.05, 3.63) is 134 Å². The maximum atomic E-state index is 4.76. The number of benzene rings is 5. The second-order valence-corrected chi connectivity index (χ2v) is 10.7. The van der Waals surface area contributed by atoms with Crippen LogP contribution in [-0.4, -0.2) is 4.98 Å². The lowest BCUT2D eigenvalue weighted by Crippen LogP contribution is -2.11. The Morgan fingerprint density at radius 3 is 2.32 bits per heavy atom. The quantitative estimate of drug-likeness (QED) is 0.234. The first-order valence-corrected chi connectivity index (χ1v) is 13.6. The molecule has 0 saturated carbocycles. The molecule has 0 spiro atoms. The van der Waals surface area contributed by atoms with E-state index in [9.17, 15) is 0 Å². The van der Waals surface area contributed by atoms with Crippen molar-refractivity contribution in [2.75, 3.05) is 4.90 Å². The third-order valence-electron chi connectivity index (χ3n) is 7.45. The molecule has 0 radical (unpaired) electrons. The number of thiophene rings is 1. The van der Waals surface area contributed by atoms with E-state index in [0.717, 1.165) is 27.7 Å². The molecule has 3 heteroatoms. The number of hydrogen-bond acceptors (Lipinski definition) is 3. The molecule has 0 N–H and O–H groups in total. The summed E-state index contributed by atoms with van der Waals surface area (Å²) in [6.45, 7) is 0. The molecule has 2 aromatic heterocycles. The molecule has 0 aliphatic carbocycles. The van der Waals surface area contributed by atoms with E-state index >= 15 is 0 Å². The number of fused-ring (bicyclic) bond motifs is 8. The summed E-state index contributed by atoms with van der Waals surface area (Å²) in [4.78, 5) is 8.50. The summed E-state index contributed by atoms with van der Waals surface area (Å²) in [7, 11) is 0. The lowest BCUT2D eigenvalue weighted by atomic mass is 9.95. The minimum absolute atomic E-state index is 1.02. The van der Waals surface area contributed by atoms with Crippen molar-refractivity contribution in [2.45, 2.75) is 0 Å². The Balaban J connectivity index is 1.50. The third-order valence-corrected chi connectivity index (χ3v) is 8.66. The average molecular weight is 503 g/mol. The lowest BCUT2D eigenvalue weighted by Gasteiger charge is -2.28. The predicted octanol–water partition coefficient (Wildman–Crippen LogP) is 10.2. The van der Waals surface area contributed by atoms with Crippen molar-refractivity contribution < 1.29 is 0 Å². The van der Waals surface area contributed by atoms with E-state index in [1.165, 1.54) is 43.0 Å². The van der Waals surface area contributed by atoms with Gasteiger partial charge < -0.3 is 4.90 Å². The summed E-state index contributed by atoms with van der Waals surface area (Å²) in [5.41, 5.74) is 10.7. The van der Waals surface area contributed by atoms with E-state index in [-0.39, 0.29) is 0 Å². The van der Waals surface area contributed by atoms with Crippen molar-refractivity contribution in [3.63, 3.8) is 0 Å². The monoisotopic (exact) mass is 502 g/mol. The number of hydrogen-bond donors (Lipinski definition) is 0. The highest BCUT2D eigenvalue weighted by atomic mass is 32.1. The molecule has 38 heavy (non-hydrogen) atoms. The molecule has 0 atom stereocenters. The van der Waals surface area contributed by atoms with Crippen molar-refractivity contribution in [3.8, 4) is 32.7 Å². The Morgan fingerprint density at radius 2 is 1.37 bits per heavy atom. The number of para-hydroxylation sites is 3. The van der Waals surface area contributed by atoms with Gasteiger partial charge in [0.05, 0.1) is 16.9 Å². The van der Waals surface area contributed by atoms with Crippen molar-refractivity contribution in [1.82, 2.24) is 4.98 Å². The molecule has 8 rings (SSSR count). The normalized spacial score (nSPS) is 12.2. The van der Waals surface area contributed by atoms with Gasteiger partial charge in [0.1, 0.15) is 0 Å². The van der Waals surface area contributed by atoms with Crippen LogP contribution in [0.3, 0.4) is 0 Å². The molecule has 0 bridgehead atoms. The van der Waals surface area contributed by atoms with E-state index in [0.29, 0.717) is 0 Å². The van der Waals surface area contributed by atoms with Crippen LogP contribution in [0.5, 0.6) is 0 Å². The molecule has 0 fully saturated rings. The van der Waals surface area contributed by atoms with E-state index in [4.69, 9.17) is 4.98 Å². The maximum absolute atomic E-state index is 4.76. The van der Waals surface area contributed by atoms with Gasteiger partial charge >= 0.3 is 0 Å². The molecule has 7 aromatic rings. The second kappa shape index (κ2) is 8.41. The Hall–Kier alpha value is -4.73. The number of anilines is 3. The van der Waals surface area contributed by atoms with Crippen LogP contribution in [-0.2, 0) is 0 Å². The summed E-state index contributed by atoms with van der Waals surface area (Å²) in [6, 6.07) is 45.8. The molecule has 2 nitrogen and oxygen atoms in total. The Bertz CT molecular complexity index is 1980. The maximum Gasteiger partial charge on any atom is 0.0780 e. The Labute approximate surface area is 225 Å². The molecule has 0 unspecified atom stereocenters. The third kappa shape index (κ3) is 3.16. The van der Waals surface area contributed by atoms with Crippen LogP contribution < -0.4 is 4.90 Å². The van der Waals surface area contributed by atoms with E-state index in [2.05, 4.69) is 126 Å². The largest absolute Gasteiger partial charge is 0.309 e. The number of nitrogens with zero attached hydrogens (tertiary/aromatic N) is 2. The summed E-state index contributed by atoms with van der Waals surface area (Å²) in [6.07, 6.45) is 1.88. The summed E-state index contributed by atoms with van der Waals surface area (Å²) in [5, 5.41) is 2.45. The van der Waals surface area contributed by atoms with Crippen LogP contribution in [0.25, 0.3) is 53.7 Å². The van der Waals surface area contributed by atoms with Gasteiger partial charge in [0.25, 0.3) is 0 Å². The zero-order valence-electron chi connectivity index (χ0n) is 20.5. The van der Waals surface area contributed by atoms with Crippen LogP contribution in [0.1, 0.15) is 0 Å². The van der Waals surface area contributed by atoms with Crippen LogP contribution in [0.15, 0.2) is 134 Å². The van der Waals surface area contributed by atoms with Crippen molar-refractivity contribution in [1.29, 1.82) is 0 Å². The van der Waals surface area contributed by atoms with Gasteiger partial charge in [-0.3, -0.25) is 4.98 Å². The fourth-order valence-corrected chi connectivity index (χ4v) is 7.03. The highest BCUT2D eigenvalue weighted by Crippen LogP contribution is 2.56. The zero-order chi connectivity index (χ0) is 25.1. The molecular formula is C35H22N2S. The molecule has 5 aromatic carbocycles. The summed E-state index contributed by atoms with van der Waals surface area (Å²) >= 11 is 1.88. The van der Waals surface area contributed by atoms with Crippen LogP contribution in [0.4, 0.5) is 17.1 Å². The predicted molar refractivity (Wildman–Crippen MR) is 162 cm³/mol. The van der Waals surface area contributed by atoms with Crippen LogP contribution >= 0.6 is 11.3 Å². The first-order chi connectivity index (χ1) is 18.9. The molecular weight excluding hydrogens is 480 g/mol. The van der Waals surface area contributed by atoms with E-state index in [1.807, 2.05) is 23.6 Å². The molecule has 3 heterocycles. The molecule has 178 valence electrons. The Morgan fingerprint density at radius 1 is 0.579 bits per heavy atom. The fourth-order valence-electron chi connectivity index (χ4n) is 5.78. The van der Waals surface area contributed by atoms with Gasteiger partial charge in [0, 0.05) is 54.5 Å². The number of aromatic nitrogens is 1. The first-order valence-electron chi connectivity index (χ1n) is 12.8. The standard InChI is InChI=1S/C35H22N2S/c1-2-12-25(13-3-1)37-30-17-6-4-14-28(30)35-33(29-15-5-7-18-32(29)38-35)27-20-19-24(22-31(27)37)26-16-8-10-23-11-9-21-36-34(23)26/h1-22H. The van der Waals surface area contributed by atoms with Crippen LogP contribution in [0, 0.1) is 0 Å². The second-order valence-electron chi connectivity index (χ2n) is 9.60. The van der Waals surface area contributed by atoms with Crippen LogP contribution in [0.2, 0.25) is 0 Å². The lowest BCUT2D eigenvalue weighted by molar-refractivity contribution is 1.30.